The predicted octanol–water partition coefficient (Wildman–Crippen LogP) is 6.37. The maximum absolute atomic E-state index is 11.7. The number of aryl methyl sites for hydroxylation is 1. The van der Waals surface area contributed by atoms with Gasteiger partial charge >= 0.3 is 11.9 Å². The van der Waals surface area contributed by atoms with Gasteiger partial charge in [0, 0.05) is 16.9 Å². The van der Waals surface area contributed by atoms with E-state index in [1.807, 2.05) is 0 Å². The number of aliphatic hydroxyl groups excluding tert-OH is 1. The molecule has 1 rings (SSSR count). The minimum Gasteiger partial charge on any atom is -0.462 e. The molecular weight excluding hydrogens is 519 g/mol. The van der Waals surface area contributed by atoms with Gasteiger partial charge in [0.2, 0.25) is 0 Å². The molecule has 0 saturated carbocycles. The minimum absolute atomic E-state index is 0.0820. The molecule has 0 aliphatic carbocycles. The van der Waals surface area contributed by atoms with Crippen molar-refractivity contribution >= 4 is 34.5 Å². The highest BCUT2D eigenvalue weighted by atomic mass is 127. The van der Waals surface area contributed by atoms with Crippen LogP contribution in [0.4, 0.5) is 0 Å². The molecule has 0 aliphatic heterocycles. The molecule has 0 saturated heterocycles. The molecule has 6 heteroatoms. The lowest BCUT2D eigenvalue weighted by molar-refractivity contribution is -0.159. The number of hydrogen-bond acceptors (Lipinski definition) is 5. The topological polar surface area (TPSA) is 72.8 Å². The lowest BCUT2D eigenvalue weighted by Crippen LogP contribution is -2.27. The average molecular weight is 561 g/mol. The van der Waals surface area contributed by atoms with E-state index in [2.05, 4.69) is 46.9 Å². The molecule has 32 heavy (non-hydrogen) atoms. The molecule has 0 spiro atoms. The number of hydrogen-bond donors (Lipinski definition) is 1. The van der Waals surface area contributed by atoms with Crippen LogP contribution in [0.25, 0.3) is 0 Å². The summed E-state index contributed by atoms with van der Waals surface area (Å²) in [5.41, 5.74) is 1.46. The van der Waals surface area contributed by atoms with E-state index < -0.39 is 12.1 Å². The quantitative estimate of drug-likeness (QED) is 0.121. The third-order valence-electron chi connectivity index (χ3n) is 5.45. The van der Waals surface area contributed by atoms with E-state index in [4.69, 9.17) is 14.6 Å². The third-order valence-corrected chi connectivity index (χ3v) is 6.12. The summed E-state index contributed by atoms with van der Waals surface area (Å²) in [5.74, 6) is -0.789. The van der Waals surface area contributed by atoms with Gasteiger partial charge in [-0.1, -0.05) is 76.3 Å². The number of aliphatic hydroxyl groups is 1. The molecule has 1 unspecified atom stereocenters. The zero-order valence-corrected chi connectivity index (χ0v) is 21.8. The van der Waals surface area contributed by atoms with Crippen molar-refractivity contribution < 1.29 is 24.2 Å². The summed E-state index contributed by atoms with van der Waals surface area (Å²) in [6.45, 7) is 0.834. The van der Waals surface area contributed by atoms with E-state index in [0.29, 0.717) is 6.42 Å². The minimum atomic E-state index is -0.769. The van der Waals surface area contributed by atoms with Crippen LogP contribution in [-0.2, 0) is 25.5 Å². The first-order valence-electron chi connectivity index (χ1n) is 12.2. The zero-order valence-electron chi connectivity index (χ0n) is 19.7. The van der Waals surface area contributed by atoms with Crippen molar-refractivity contribution in [3.63, 3.8) is 0 Å². The van der Waals surface area contributed by atoms with Crippen molar-refractivity contribution in [1.82, 2.24) is 0 Å². The Balaban J connectivity index is 1.83. The van der Waals surface area contributed by atoms with Gasteiger partial charge in [0.05, 0.1) is 6.61 Å². The van der Waals surface area contributed by atoms with Crippen LogP contribution in [0.3, 0.4) is 0 Å². The first-order chi connectivity index (χ1) is 15.5. The Morgan fingerprint density at radius 1 is 0.906 bits per heavy atom. The van der Waals surface area contributed by atoms with Gasteiger partial charge in [-0.3, -0.25) is 9.59 Å². The number of halogens is 1. The molecular formula is C26H41IO5. The van der Waals surface area contributed by atoms with E-state index in [9.17, 15) is 9.59 Å². The fourth-order valence-corrected chi connectivity index (χ4v) is 4.28. The third kappa shape index (κ3) is 16.5. The van der Waals surface area contributed by atoms with Gasteiger partial charge in [-0.25, -0.2) is 0 Å². The van der Waals surface area contributed by atoms with Crippen molar-refractivity contribution in [2.75, 3.05) is 13.2 Å². The van der Waals surface area contributed by atoms with Crippen LogP contribution >= 0.6 is 22.6 Å². The number of ether oxygens (including phenoxy) is 2. The summed E-state index contributed by atoms with van der Waals surface area (Å²) in [6.07, 6.45) is 15.6. The first kappa shape index (κ1) is 28.9. The highest BCUT2D eigenvalue weighted by Crippen LogP contribution is 2.15. The van der Waals surface area contributed by atoms with Crippen LogP contribution < -0.4 is 0 Å². The maximum Gasteiger partial charge on any atom is 0.305 e. The van der Waals surface area contributed by atoms with E-state index in [0.717, 1.165) is 19.3 Å². The molecule has 1 atom stereocenters. The smallest absolute Gasteiger partial charge is 0.305 e. The van der Waals surface area contributed by atoms with Crippen molar-refractivity contribution in [3.05, 3.63) is 33.4 Å². The van der Waals surface area contributed by atoms with Crippen molar-refractivity contribution in [2.45, 2.75) is 103 Å². The maximum atomic E-state index is 11.7. The normalized spacial score (nSPS) is 11.8. The van der Waals surface area contributed by atoms with Gasteiger partial charge in [-0.15, -0.1) is 0 Å². The monoisotopic (exact) mass is 560 g/mol. The molecule has 182 valence electrons. The van der Waals surface area contributed by atoms with E-state index >= 15 is 0 Å². The number of esters is 2. The largest absolute Gasteiger partial charge is 0.462 e. The second kappa shape index (κ2) is 19.3. The molecule has 0 bridgehead atoms. The first-order valence-corrected chi connectivity index (χ1v) is 13.3. The summed E-state index contributed by atoms with van der Waals surface area (Å²) < 4.78 is 11.2. The zero-order chi connectivity index (χ0) is 23.4. The fraction of sp³-hybridized carbons (Fsp3) is 0.692. The molecule has 5 nitrogen and oxygen atoms in total. The molecule has 0 radical (unpaired) electrons. The van der Waals surface area contributed by atoms with Gasteiger partial charge in [0.25, 0.3) is 0 Å². The fourth-order valence-electron chi connectivity index (χ4n) is 3.68. The Morgan fingerprint density at radius 2 is 1.47 bits per heavy atom. The van der Waals surface area contributed by atoms with Gasteiger partial charge in [-0.05, 0) is 59.5 Å². The van der Waals surface area contributed by atoms with Crippen molar-refractivity contribution in [2.24, 2.45) is 0 Å². The molecule has 0 aliphatic rings. The summed E-state index contributed by atoms with van der Waals surface area (Å²) in [4.78, 5) is 22.5. The van der Waals surface area contributed by atoms with Gasteiger partial charge in [0.1, 0.15) is 6.61 Å². The number of carbonyl (C=O) groups excluding carboxylic acids is 2. The summed E-state index contributed by atoms with van der Waals surface area (Å²) in [7, 11) is 0. The Morgan fingerprint density at radius 3 is 2.00 bits per heavy atom. The molecule has 0 amide bonds. The van der Waals surface area contributed by atoms with Gasteiger partial charge in [0.15, 0.2) is 6.10 Å². The van der Waals surface area contributed by atoms with Crippen LogP contribution in [0.1, 0.15) is 96.0 Å². The number of carbonyl (C=O) groups is 2. The molecule has 1 N–H and O–H groups in total. The van der Waals surface area contributed by atoms with Crippen LogP contribution in [0.2, 0.25) is 0 Å². The van der Waals surface area contributed by atoms with Gasteiger partial charge < -0.3 is 14.6 Å². The van der Waals surface area contributed by atoms with E-state index in [-0.39, 0.29) is 19.2 Å². The van der Waals surface area contributed by atoms with E-state index in [1.165, 1.54) is 80.3 Å². The lowest BCUT2D eigenvalue weighted by Gasteiger charge is -2.14. The number of benzene rings is 1. The summed E-state index contributed by atoms with van der Waals surface area (Å²) in [6, 6.07) is 8.81. The Bertz CT molecular complexity index is 634. The predicted molar refractivity (Wildman–Crippen MR) is 136 cm³/mol. The second-order valence-electron chi connectivity index (χ2n) is 8.47. The molecule has 0 fully saturated rings. The number of rotatable bonds is 19. The molecule has 1 aromatic carbocycles. The van der Waals surface area contributed by atoms with Crippen LogP contribution in [0, 0.1) is 3.57 Å². The van der Waals surface area contributed by atoms with E-state index in [1.54, 1.807) is 0 Å². The SMILES string of the molecule is CC(=O)OC(CO)COC(=O)CCCCCCCCCCCCCCc1cccc(I)c1. The second-order valence-corrected chi connectivity index (χ2v) is 9.72. The van der Waals surface area contributed by atoms with Crippen LogP contribution in [-0.4, -0.2) is 36.4 Å². The van der Waals surface area contributed by atoms with Crippen molar-refractivity contribution in [1.29, 1.82) is 0 Å². The highest BCUT2D eigenvalue weighted by Gasteiger charge is 2.13. The molecule has 1 aromatic rings. The summed E-state index contributed by atoms with van der Waals surface area (Å²) >= 11 is 2.38. The standard InChI is InChI=1S/C26H41IO5/c1-22(29)32-25(20-28)21-31-26(30)18-13-11-9-7-5-3-2-4-6-8-10-12-15-23-16-14-17-24(27)19-23/h14,16-17,19,25,28H,2-13,15,18,20-21H2,1H3. The molecule has 0 heterocycles. The Kier molecular flexibility index (Phi) is 17.4. The van der Waals surface area contributed by atoms with Crippen LogP contribution in [0.15, 0.2) is 24.3 Å². The Hall–Kier alpha value is -1.15. The van der Waals surface area contributed by atoms with Gasteiger partial charge in [-0.2, -0.15) is 0 Å². The highest BCUT2D eigenvalue weighted by molar-refractivity contribution is 14.1. The van der Waals surface area contributed by atoms with Crippen LogP contribution in [0.5, 0.6) is 0 Å². The van der Waals surface area contributed by atoms with Crippen molar-refractivity contribution in [3.8, 4) is 0 Å². The average Bonchev–Trinajstić information content (AvgIpc) is 2.76. The Labute approximate surface area is 207 Å². The molecule has 0 aromatic heterocycles. The lowest BCUT2D eigenvalue weighted by atomic mass is 10.0. The summed E-state index contributed by atoms with van der Waals surface area (Å²) in [5, 5.41) is 9.06. The number of unbranched alkanes of at least 4 members (excludes halogenated alkanes) is 11.